The van der Waals surface area contributed by atoms with Crippen LogP contribution in [0.1, 0.15) is 66.4 Å². The summed E-state index contributed by atoms with van der Waals surface area (Å²) in [5.74, 6) is 1.49. The first kappa shape index (κ1) is 34.5. The fourth-order valence-electron chi connectivity index (χ4n) is 4.82. The molecule has 0 spiro atoms. The van der Waals surface area contributed by atoms with Gasteiger partial charge in [0, 0.05) is 56.0 Å². The first-order valence-corrected chi connectivity index (χ1v) is 15.2. The van der Waals surface area contributed by atoms with E-state index in [1.165, 1.54) is 0 Å². The maximum absolute atomic E-state index is 12.7. The highest BCUT2D eigenvalue weighted by Gasteiger charge is 2.33. The second-order valence-electron chi connectivity index (χ2n) is 11.3. The Bertz CT molecular complexity index is 1060. The van der Waals surface area contributed by atoms with Gasteiger partial charge in [-0.1, -0.05) is 46.8 Å². The lowest BCUT2D eigenvalue weighted by Crippen LogP contribution is -2.41. The molecule has 2 aromatic rings. The van der Waals surface area contributed by atoms with Crippen LogP contribution >= 0.6 is 0 Å². The summed E-state index contributed by atoms with van der Waals surface area (Å²) in [6.07, 6.45) is 4.99. The Labute approximate surface area is 247 Å². The summed E-state index contributed by atoms with van der Waals surface area (Å²) < 4.78 is 8.45. The number of aliphatic hydroxyl groups is 1. The van der Waals surface area contributed by atoms with E-state index >= 15 is 0 Å². The molecule has 9 heteroatoms. The lowest BCUT2D eigenvalue weighted by atomic mass is 10.0. The van der Waals surface area contributed by atoms with Crippen molar-refractivity contribution >= 4 is 12.2 Å². The quantitative estimate of drug-likeness (QED) is 0.435. The van der Waals surface area contributed by atoms with Crippen LogP contribution in [-0.4, -0.2) is 88.9 Å². The van der Waals surface area contributed by atoms with Gasteiger partial charge in [0.05, 0.1) is 17.8 Å². The van der Waals surface area contributed by atoms with Crippen molar-refractivity contribution in [3.05, 3.63) is 36.0 Å². The number of amides is 1. The fraction of sp³-hybridized carbons (Fsp3) is 0.656. The molecule has 2 fully saturated rings. The number of β-amino-alcohol motifs (C(OH)–C–C–N with tert-alkyl or cyclic N) is 1. The number of nitrogens with zero attached hydrogens (tertiary/aromatic N) is 4. The van der Waals surface area contributed by atoms with Crippen LogP contribution in [0.3, 0.4) is 0 Å². The molecule has 0 aliphatic carbocycles. The third-order valence-electron chi connectivity index (χ3n) is 7.89. The topological polar surface area (TPSA) is 99.9 Å². The molecule has 0 bridgehead atoms. The molecule has 1 aromatic heterocycles. The number of likely N-dealkylation sites (N-methyl/N-ethyl adjacent to an activating group) is 1. The van der Waals surface area contributed by atoms with E-state index in [4.69, 9.17) is 4.74 Å². The normalized spacial score (nSPS) is 20.4. The van der Waals surface area contributed by atoms with Crippen molar-refractivity contribution in [2.24, 2.45) is 11.8 Å². The number of aryl methyl sites for hydroxylation is 1. The van der Waals surface area contributed by atoms with Crippen molar-refractivity contribution in [3.63, 3.8) is 0 Å². The van der Waals surface area contributed by atoms with Gasteiger partial charge in [0.2, 0.25) is 5.91 Å². The Morgan fingerprint density at radius 3 is 2.39 bits per heavy atom. The van der Waals surface area contributed by atoms with Gasteiger partial charge < -0.3 is 24.9 Å². The maximum atomic E-state index is 12.7. The number of hydrogen-bond donors (Lipinski definition) is 2. The number of hydrogen-bond acceptors (Lipinski definition) is 7. The number of carbonyl (C=O) groups is 2. The highest BCUT2D eigenvalue weighted by molar-refractivity contribution is 5.82. The number of aliphatic hydroxyl groups excluding tert-OH is 1. The molecule has 0 radical (unpaired) electrons. The zero-order chi connectivity index (χ0) is 30.5. The van der Waals surface area contributed by atoms with Gasteiger partial charge in [-0.3, -0.25) is 14.4 Å². The average Bonchev–Trinajstić information content (AvgIpc) is 3.59. The molecule has 3 heterocycles. The minimum absolute atomic E-state index is 0.0533. The molecule has 4 rings (SSSR count). The van der Waals surface area contributed by atoms with Gasteiger partial charge in [0.25, 0.3) is 0 Å². The summed E-state index contributed by atoms with van der Waals surface area (Å²) in [5.41, 5.74) is 3.07. The van der Waals surface area contributed by atoms with Crippen LogP contribution < -0.4 is 10.1 Å². The Kier molecular flexibility index (Phi) is 14.5. The number of benzene rings is 1. The minimum Gasteiger partial charge on any atom is -0.490 e. The second kappa shape index (κ2) is 17.3. The number of piperidine rings is 1. The van der Waals surface area contributed by atoms with Crippen LogP contribution in [0.2, 0.25) is 0 Å². The summed E-state index contributed by atoms with van der Waals surface area (Å²) in [5, 5.41) is 17.3. The number of aldehydes is 1. The van der Waals surface area contributed by atoms with Crippen molar-refractivity contribution in [1.29, 1.82) is 0 Å². The van der Waals surface area contributed by atoms with Gasteiger partial charge in [-0.05, 0) is 58.3 Å². The van der Waals surface area contributed by atoms with Gasteiger partial charge in [-0.2, -0.15) is 5.10 Å². The lowest BCUT2D eigenvalue weighted by Gasteiger charge is -2.30. The monoisotopic (exact) mass is 571 g/mol. The number of aromatic nitrogens is 2. The van der Waals surface area contributed by atoms with Gasteiger partial charge in [-0.15, -0.1) is 0 Å². The highest BCUT2D eigenvalue weighted by atomic mass is 16.5. The molecule has 3 atom stereocenters. The summed E-state index contributed by atoms with van der Waals surface area (Å²) in [6, 6.07) is 7.91. The standard InChI is InChI=1S/C24H35N5O3.C6H12O.C2H6/c1-4-29-21(7-10-26-29)17-5-6-18(15-25-24(31)22-14-19(30)16-28(22)3)23(13-17)32-20-8-11-27(2)12-9-20;1-5(2)6(3)4-7;1-2/h5-7,10,13,19-20,22,30H,4,8-9,11-12,14-16H2,1-3H3,(H,25,31);4-6H,1-3H3;1-2H3. The summed E-state index contributed by atoms with van der Waals surface area (Å²) >= 11 is 0. The molecule has 0 saturated carbocycles. The van der Waals surface area contributed by atoms with Crippen LogP contribution in [0.4, 0.5) is 0 Å². The van der Waals surface area contributed by atoms with Gasteiger partial charge >= 0.3 is 0 Å². The van der Waals surface area contributed by atoms with E-state index in [0.29, 0.717) is 25.4 Å². The summed E-state index contributed by atoms with van der Waals surface area (Å²) in [6.45, 7) is 15.9. The minimum atomic E-state index is -0.443. The maximum Gasteiger partial charge on any atom is 0.237 e. The molecular weight excluding hydrogens is 518 g/mol. The van der Waals surface area contributed by atoms with E-state index in [2.05, 4.69) is 41.4 Å². The summed E-state index contributed by atoms with van der Waals surface area (Å²) in [7, 11) is 4.02. The van der Waals surface area contributed by atoms with E-state index in [9.17, 15) is 14.7 Å². The molecule has 2 aliphatic heterocycles. The van der Waals surface area contributed by atoms with Crippen molar-refractivity contribution in [1.82, 2.24) is 24.9 Å². The molecule has 2 saturated heterocycles. The molecule has 1 aromatic carbocycles. The number of nitrogens with one attached hydrogen (secondary N) is 1. The van der Waals surface area contributed by atoms with Gasteiger partial charge in [0.1, 0.15) is 18.1 Å². The van der Waals surface area contributed by atoms with E-state index in [0.717, 1.165) is 61.3 Å². The van der Waals surface area contributed by atoms with Crippen molar-refractivity contribution in [2.45, 2.75) is 92.1 Å². The first-order chi connectivity index (χ1) is 19.6. The highest BCUT2D eigenvalue weighted by Crippen LogP contribution is 2.30. The van der Waals surface area contributed by atoms with Crippen molar-refractivity contribution in [2.75, 3.05) is 33.7 Å². The number of carbonyl (C=O) groups excluding carboxylic acids is 2. The van der Waals surface area contributed by atoms with Crippen LogP contribution in [0.25, 0.3) is 11.3 Å². The summed E-state index contributed by atoms with van der Waals surface area (Å²) in [4.78, 5) is 26.9. The Morgan fingerprint density at radius 1 is 1.17 bits per heavy atom. The fourth-order valence-corrected chi connectivity index (χ4v) is 4.82. The zero-order valence-electron chi connectivity index (χ0n) is 26.5. The van der Waals surface area contributed by atoms with E-state index in [-0.39, 0.29) is 24.0 Å². The third-order valence-corrected chi connectivity index (χ3v) is 7.89. The van der Waals surface area contributed by atoms with Crippen LogP contribution in [-0.2, 0) is 22.7 Å². The predicted octanol–water partition coefficient (Wildman–Crippen LogP) is 4.23. The average molecular weight is 572 g/mol. The van der Waals surface area contributed by atoms with Crippen LogP contribution in [0, 0.1) is 11.8 Å². The zero-order valence-corrected chi connectivity index (χ0v) is 26.5. The SMILES string of the molecule is CC.CC(C)C(C)C=O.CCn1nccc1-c1ccc(CNC(=O)C2CC(O)CN2C)c(OC2CCN(C)CC2)c1. The van der Waals surface area contributed by atoms with Crippen molar-refractivity contribution < 1.29 is 19.4 Å². The molecular formula is C32H53N5O4. The molecule has 230 valence electrons. The van der Waals surface area contributed by atoms with E-state index in [1.807, 2.05) is 69.6 Å². The Hall–Kier alpha value is -2.75. The Balaban J connectivity index is 0.000000573. The van der Waals surface area contributed by atoms with Crippen LogP contribution in [0.5, 0.6) is 5.75 Å². The lowest BCUT2D eigenvalue weighted by molar-refractivity contribution is -0.125. The molecule has 2 N–H and O–H groups in total. The number of rotatable bonds is 9. The van der Waals surface area contributed by atoms with Gasteiger partial charge in [0.15, 0.2) is 0 Å². The van der Waals surface area contributed by atoms with Gasteiger partial charge in [-0.25, -0.2) is 0 Å². The molecule has 41 heavy (non-hydrogen) atoms. The molecule has 9 nitrogen and oxygen atoms in total. The second-order valence-corrected chi connectivity index (χ2v) is 11.3. The molecule has 2 aliphatic rings. The van der Waals surface area contributed by atoms with E-state index in [1.54, 1.807) is 0 Å². The Morgan fingerprint density at radius 2 is 1.85 bits per heavy atom. The number of ether oxygens (including phenoxy) is 1. The van der Waals surface area contributed by atoms with E-state index < -0.39 is 6.10 Å². The smallest absolute Gasteiger partial charge is 0.237 e. The third kappa shape index (κ3) is 10.2. The molecule has 3 unspecified atom stereocenters. The number of likely N-dealkylation sites (tertiary alicyclic amines) is 2. The van der Waals surface area contributed by atoms with Crippen molar-refractivity contribution in [3.8, 4) is 17.0 Å². The van der Waals surface area contributed by atoms with Crippen LogP contribution in [0.15, 0.2) is 30.5 Å². The first-order valence-electron chi connectivity index (χ1n) is 15.2. The molecule has 1 amide bonds. The largest absolute Gasteiger partial charge is 0.490 e. The predicted molar refractivity (Wildman–Crippen MR) is 165 cm³/mol.